The van der Waals surface area contributed by atoms with Crippen LogP contribution in [-0.4, -0.2) is 19.0 Å². The third-order valence-corrected chi connectivity index (χ3v) is 4.54. The Hall–Kier alpha value is -4.00. The first kappa shape index (κ1) is 20.3. The fraction of sp³-hybridized carbons (Fsp3) is 0.0833. The van der Waals surface area contributed by atoms with Crippen molar-refractivity contribution in [3.63, 3.8) is 0 Å². The van der Waals surface area contributed by atoms with Crippen molar-refractivity contribution in [2.24, 2.45) is 4.99 Å². The van der Waals surface area contributed by atoms with Crippen LogP contribution in [0, 0.1) is 11.6 Å². The van der Waals surface area contributed by atoms with Crippen molar-refractivity contribution in [1.29, 1.82) is 0 Å². The lowest BCUT2D eigenvalue weighted by Gasteiger charge is -2.12. The van der Waals surface area contributed by atoms with Gasteiger partial charge < -0.3 is 14.2 Å². The Kier molecular flexibility index (Phi) is 5.75. The third-order valence-electron chi connectivity index (χ3n) is 4.54. The summed E-state index contributed by atoms with van der Waals surface area (Å²) >= 11 is 0. The van der Waals surface area contributed by atoms with E-state index < -0.39 is 11.8 Å². The van der Waals surface area contributed by atoms with E-state index >= 15 is 0 Å². The number of carbonyl (C=O) groups is 1. The first-order chi connectivity index (χ1) is 15.0. The van der Waals surface area contributed by atoms with Gasteiger partial charge in [0.2, 0.25) is 5.90 Å². The van der Waals surface area contributed by atoms with Crippen LogP contribution < -0.4 is 9.47 Å². The van der Waals surface area contributed by atoms with Gasteiger partial charge in [0.05, 0.1) is 7.11 Å². The molecule has 1 aliphatic rings. The molecule has 3 aromatic rings. The molecule has 0 amide bonds. The average Bonchev–Trinajstić information content (AvgIpc) is 3.14. The Morgan fingerprint density at radius 1 is 1.00 bits per heavy atom. The maximum Gasteiger partial charge on any atom is 0.363 e. The predicted molar refractivity (Wildman–Crippen MR) is 111 cm³/mol. The lowest BCUT2D eigenvalue weighted by Crippen LogP contribution is -2.05. The standard InChI is InChI=1S/C24H17F2NO4/c1-29-21-11-6-15(13-22(21)30-14-17-4-2-3-5-19(17)26)12-20-24(28)31-23(27-20)16-7-9-18(25)10-8-16/h2-13H,14H2,1H3. The Morgan fingerprint density at radius 2 is 1.77 bits per heavy atom. The van der Waals surface area contributed by atoms with Gasteiger partial charge in [0.15, 0.2) is 17.2 Å². The van der Waals surface area contributed by atoms with Crippen LogP contribution in [0.3, 0.4) is 0 Å². The molecule has 4 rings (SSSR count). The highest BCUT2D eigenvalue weighted by Gasteiger charge is 2.24. The van der Waals surface area contributed by atoms with Gasteiger partial charge in [0, 0.05) is 11.1 Å². The van der Waals surface area contributed by atoms with E-state index in [-0.39, 0.29) is 24.0 Å². The number of nitrogens with zero attached hydrogens (tertiary/aromatic N) is 1. The van der Waals surface area contributed by atoms with Gasteiger partial charge in [-0.15, -0.1) is 0 Å². The van der Waals surface area contributed by atoms with Crippen molar-refractivity contribution in [2.75, 3.05) is 7.11 Å². The molecule has 7 heteroatoms. The number of esters is 1. The van der Waals surface area contributed by atoms with Crippen molar-refractivity contribution >= 4 is 17.9 Å². The number of benzene rings is 3. The first-order valence-electron chi connectivity index (χ1n) is 9.36. The zero-order valence-corrected chi connectivity index (χ0v) is 16.5. The number of aliphatic imine (C=N–C) groups is 1. The summed E-state index contributed by atoms with van der Waals surface area (Å²) in [5.74, 6) is -0.441. The second-order valence-electron chi connectivity index (χ2n) is 6.63. The van der Waals surface area contributed by atoms with Gasteiger partial charge in [0.1, 0.15) is 18.2 Å². The molecule has 156 valence electrons. The summed E-state index contributed by atoms with van der Waals surface area (Å²) in [7, 11) is 1.50. The van der Waals surface area contributed by atoms with Crippen LogP contribution in [0.25, 0.3) is 6.08 Å². The minimum atomic E-state index is -0.621. The van der Waals surface area contributed by atoms with E-state index in [4.69, 9.17) is 14.2 Å². The maximum absolute atomic E-state index is 13.9. The Labute approximate surface area is 177 Å². The molecule has 1 aliphatic heterocycles. The highest BCUT2D eigenvalue weighted by atomic mass is 19.1. The summed E-state index contributed by atoms with van der Waals surface area (Å²) in [6.07, 6.45) is 1.54. The normalized spacial score (nSPS) is 14.4. The summed E-state index contributed by atoms with van der Waals surface area (Å²) in [5.41, 5.74) is 1.59. The zero-order valence-electron chi connectivity index (χ0n) is 16.5. The van der Waals surface area contributed by atoms with Crippen molar-refractivity contribution in [2.45, 2.75) is 6.61 Å². The number of cyclic esters (lactones) is 1. The molecule has 0 radical (unpaired) electrons. The van der Waals surface area contributed by atoms with Crippen LogP contribution in [0.15, 0.2) is 77.4 Å². The molecule has 5 nitrogen and oxygen atoms in total. The van der Waals surface area contributed by atoms with Gasteiger partial charge in [-0.25, -0.2) is 18.6 Å². The molecule has 0 aliphatic carbocycles. The lowest BCUT2D eigenvalue weighted by molar-refractivity contribution is -0.129. The third kappa shape index (κ3) is 4.61. The fourth-order valence-corrected chi connectivity index (χ4v) is 2.95. The molecule has 0 saturated carbocycles. The SMILES string of the molecule is COc1ccc(C=C2N=C(c3ccc(F)cc3)OC2=O)cc1OCc1ccccc1F. The zero-order chi connectivity index (χ0) is 21.8. The van der Waals surface area contributed by atoms with Crippen LogP contribution in [0.2, 0.25) is 0 Å². The smallest absolute Gasteiger partial charge is 0.363 e. The van der Waals surface area contributed by atoms with Gasteiger partial charge in [-0.2, -0.15) is 0 Å². The molecular formula is C24H17F2NO4. The van der Waals surface area contributed by atoms with Gasteiger partial charge in [-0.1, -0.05) is 24.3 Å². The van der Waals surface area contributed by atoms with E-state index in [1.807, 2.05) is 0 Å². The molecule has 0 unspecified atom stereocenters. The van der Waals surface area contributed by atoms with Crippen LogP contribution >= 0.6 is 0 Å². The number of hydrogen-bond acceptors (Lipinski definition) is 5. The minimum Gasteiger partial charge on any atom is -0.493 e. The summed E-state index contributed by atoms with van der Waals surface area (Å²) < 4.78 is 43.2. The lowest BCUT2D eigenvalue weighted by atomic mass is 10.1. The molecule has 0 bridgehead atoms. The number of carbonyl (C=O) groups excluding carboxylic acids is 1. The molecule has 0 aromatic heterocycles. The van der Waals surface area contributed by atoms with E-state index in [0.717, 1.165) is 0 Å². The Morgan fingerprint density at radius 3 is 2.52 bits per heavy atom. The van der Waals surface area contributed by atoms with Gasteiger partial charge >= 0.3 is 5.97 Å². The quantitative estimate of drug-likeness (QED) is 0.420. The summed E-state index contributed by atoms with van der Waals surface area (Å²) in [4.78, 5) is 16.4. The van der Waals surface area contributed by atoms with Crippen molar-refractivity contribution < 1.29 is 27.8 Å². The molecular weight excluding hydrogens is 404 g/mol. The highest BCUT2D eigenvalue weighted by Crippen LogP contribution is 2.30. The van der Waals surface area contributed by atoms with E-state index in [1.54, 1.807) is 36.4 Å². The molecule has 0 N–H and O–H groups in total. The second-order valence-corrected chi connectivity index (χ2v) is 6.63. The highest BCUT2D eigenvalue weighted by molar-refractivity contribution is 6.12. The molecule has 0 spiro atoms. The average molecular weight is 421 g/mol. The molecule has 31 heavy (non-hydrogen) atoms. The van der Waals surface area contributed by atoms with Crippen molar-refractivity contribution in [1.82, 2.24) is 0 Å². The predicted octanol–water partition coefficient (Wildman–Crippen LogP) is 4.90. The summed E-state index contributed by atoms with van der Waals surface area (Å²) in [6, 6.07) is 16.9. The van der Waals surface area contributed by atoms with E-state index in [2.05, 4.69) is 4.99 Å². The van der Waals surface area contributed by atoms with Crippen molar-refractivity contribution in [3.05, 3.63) is 101 Å². The Bertz CT molecular complexity index is 1190. The maximum atomic E-state index is 13.9. The second kappa shape index (κ2) is 8.79. The number of halogens is 2. The molecule has 0 fully saturated rings. The van der Waals surface area contributed by atoms with Crippen LogP contribution in [0.5, 0.6) is 11.5 Å². The van der Waals surface area contributed by atoms with Gasteiger partial charge in [-0.3, -0.25) is 0 Å². The Balaban J connectivity index is 1.58. The number of ether oxygens (including phenoxy) is 3. The largest absolute Gasteiger partial charge is 0.493 e. The number of hydrogen-bond donors (Lipinski definition) is 0. The molecule has 0 atom stereocenters. The van der Waals surface area contributed by atoms with Crippen LogP contribution in [0.1, 0.15) is 16.7 Å². The number of rotatable bonds is 6. The molecule has 0 saturated heterocycles. The molecule has 3 aromatic carbocycles. The van der Waals surface area contributed by atoms with Crippen LogP contribution in [0.4, 0.5) is 8.78 Å². The first-order valence-corrected chi connectivity index (χ1v) is 9.36. The van der Waals surface area contributed by atoms with Crippen LogP contribution in [-0.2, 0) is 16.1 Å². The van der Waals surface area contributed by atoms with Gasteiger partial charge in [0.25, 0.3) is 0 Å². The van der Waals surface area contributed by atoms with E-state index in [0.29, 0.717) is 28.2 Å². The van der Waals surface area contributed by atoms with Gasteiger partial charge in [-0.05, 0) is 54.1 Å². The fourth-order valence-electron chi connectivity index (χ4n) is 2.95. The topological polar surface area (TPSA) is 57.1 Å². The van der Waals surface area contributed by atoms with E-state index in [1.165, 1.54) is 43.5 Å². The summed E-state index contributed by atoms with van der Waals surface area (Å²) in [5, 5.41) is 0. The summed E-state index contributed by atoms with van der Waals surface area (Å²) in [6.45, 7) is 0.0119. The number of methoxy groups -OCH3 is 1. The van der Waals surface area contributed by atoms with Crippen molar-refractivity contribution in [3.8, 4) is 11.5 Å². The van der Waals surface area contributed by atoms with E-state index in [9.17, 15) is 13.6 Å². The molecule has 1 heterocycles. The minimum absolute atomic E-state index is 0.0119. The monoisotopic (exact) mass is 421 g/mol.